The number of hydrogen-bond acceptors (Lipinski definition) is 2. The fraction of sp³-hybridized carbons (Fsp3) is 0.417. The summed E-state index contributed by atoms with van der Waals surface area (Å²) in [6.45, 7) is 4.58. The Morgan fingerprint density at radius 2 is 2.24 bits per heavy atom. The Labute approximate surface area is 100 Å². The van der Waals surface area contributed by atoms with E-state index in [-0.39, 0.29) is 18.0 Å². The highest BCUT2D eigenvalue weighted by Gasteiger charge is 2.06. The van der Waals surface area contributed by atoms with E-state index >= 15 is 0 Å². The van der Waals surface area contributed by atoms with E-state index in [1.165, 1.54) is 12.1 Å². The summed E-state index contributed by atoms with van der Waals surface area (Å²) in [6, 6.07) is 5.68. The van der Waals surface area contributed by atoms with E-state index in [4.69, 9.17) is 4.74 Å². The molecule has 1 atom stereocenters. The summed E-state index contributed by atoms with van der Waals surface area (Å²) in [7, 11) is 0. The predicted octanol–water partition coefficient (Wildman–Crippen LogP) is 1.91. The molecule has 1 rings (SSSR count). The Balaban J connectivity index is 2.34. The Kier molecular flexibility index (Phi) is 5.26. The topological polar surface area (TPSA) is 50.4 Å². The summed E-state index contributed by atoms with van der Waals surface area (Å²) < 4.78 is 18.3. The van der Waals surface area contributed by atoms with Gasteiger partial charge >= 0.3 is 6.03 Å². The van der Waals surface area contributed by atoms with Crippen LogP contribution in [0.15, 0.2) is 24.3 Å². The Morgan fingerprint density at radius 1 is 1.47 bits per heavy atom. The number of carbonyl (C=O) groups excluding carboxylic acids is 1. The number of halogens is 1. The van der Waals surface area contributed by atoms with E-state index < -0.39 is 0 Å². The average Bonchev–Trinajstić information content (AvgIpc) is 2.27. The quantitative estimate of drug-likeness (QED) is 0.826. The molecule has 1 aromatic rings. The Hall–Kier alpha value is -1.78. The molecule has 0 aromatic heterocycles. The SMILES string of the molecule is CCNC(=O)NC[C@H](C)Oc1cccc(F)c1. The molecule has 5 heteroatoms. The zero-order valence-electron chi connectivity index (χ0n) is 10.00. The van der Waals surface area contributed by atoms with E-state index in [0.717, 1.165) is 0 Å². The van der Waals surface area contributed by atoms with Crippen LogP contribution in [0.3, 0.4) is 0 Å². The smallest absolute Gasteiger partial charge is 0.314 e. The summed E-state index contributed by atoms with van der Waals surface area (Å²) in [5.74, 6) is 0.113. The predicted molar refractivity (Wildman–Crippen MR) is 63.6 cm³/mol. The van der Waals surface area contributed by atoms with Crippen LogP contribution in [0.4, 0.5) is 9.18 Å². The van der Waals surface area contributed by atoms with E-state index in [9.17, 15) is 9.18 Å². The van der Waals surface area contributed by atoms with Gasteiger partial charge in [-0.05, 0) is 26.0 Å². The summed E-state index contributed by atoms with van der Waals surface area (Å²) in [5.41, 5.74) is 0. The van der Waals surface area contributed by atoms with Crippen molar-refractivity contribution in [3.63, 3.8) is 0 Å². The van der Waals surface area contributed by atoms with Crippen molar-refractivity contribution in [3.8, 4) is 5.75 Å². The molecule has 4 nitrogen and oxygen atoms in total. The highest BCUT2D eigenvalue weighted by molar-refractivity contribution is 5.73. The maximum absolute atomic E-state index is 12.9. The summed E-state index contributed by atoms with van der Waals surface area (Å²) in [4.78, 5) is 11.1. The molecule has 0 aliphatic rings. The van der Waals surface area contributed by atoms with Crippen molar-refractivity contribution in [2.24, 2.45) is 0 Å². The lowest BCUT2D eigenvalue weighted by molar-refractivity contribution is 0.207. The Bertz CT molecular complexity index is 371. The number of hydrogen-bond donors (Lipinski definition) is 2. The van der Waals surface area contributed by atoms with Crippen LogP contribution >= 0.6 is 0 Å². The minimum absolute atomic E-state index is 0.223. The standard InChI is InChI=1S/C12H17FN2O2/c1-3-14-12(16)15-8-9(2)17-11-6-4-5-10(13)7-11/h4-7,9H,3,8H2,1-2H3,(H2,14,15,16)/t9-/m0/s1. The molecule has 2 N–H and O–H groups in total. The second-order valence-corrected chi connectivity index (χ2v) is 3.63. The number of carbonyl (C=O) groups is 1. The molecule has 94 valence electrons. The minimum atomic E-state index is -0.341. The van der Waals surface area contributed by atoms with Gasteiger partial charge in [0.25, 0.3) is 0 Å². The van der Waals surface area contributed by atoms with Crippen molar-refractivity contribution in [2.75, 3.05) is 13.1 Å². The molecule has 0 aliphatic heterocycles. The molecular formula is C12H17FN2O2. The van der Waals surface area contributed by atoms with Gasteiger partial charge in [-0.25, -0.2) is 9.18 Å². The number of benzene rings is 1. The van der Waals surface area contributed by atoms with Gasteiger partial charge in [0, 0.05) is 12.6 Å². The highest BCUT2D eigenvalue weighted by Crippen LogP contribution is 2.13. The van der Waals surface area contributed by atoms with Crippen LogP contribution in [-0.4, -0.2) is 25.2 Å². The van der Waals surface area contributed by atoms with Crippen molar-refractivity contribution < 1.29 is 13.9 Å². The molecule has 0 spiro atoms. The number of ether oxygens (including phenoxy) is 1. The first-order chi connectivity index (χ1) is 8.11. The molecule has 0 bridgehead atoms. The molecule has 0 radical (unpaired) electrons. The number of amides is 2. The first kappa shape index (κ1) is 13.3. The molecule has 2 amide bonds. The number of rotatable bonds is 5. The van der Waals surface area contributed by atoms with E-state index in [0.29, 0.717) is 18.8 Å². The zero-order valence-corrected chi connectivity index (χ0v) is 10.00. The summed E-state index contributed by atoms with van der Waals surface area (Å²) in [6.07, 6.45) is -0.223. The van der Waals surface area contributed by atoms with E-state index in [2.05, 4.69) is 10.6 Å². The highest BCUT2D eigenvalue weighted by atomic mass is 19.1. The van der Waals surface area contributed by atoms with Gasteiger partial charge in [-0.3, -0.25) is 0 Å². The largest absolute Gasteiger partial charge is 0.489 e. The minimum Gasteiger partial charge on any atom is -0.489 e. The monoisotopic (exact) mass is 240 g/mol. The van der Waals surface area contributed by atoms with E-state index in [1.54, 1.807) is 19.1 Å². The number of nitrogens with one attached hydrogen (secondary N) is 2. The van der Waals surface area contributed by atoms with Crippen molar-refractivity contribution in [3.05, 3.63) is 30.1 Å². The molecule has 0 unspecified atom stereocenters. The van der Waals surface area contributed by atoms with Gasteiger partial charge in [0.2, 0.25) is 0 Å². The van der Waals surface area contributed by atoms with Crippen LogP contribution in [0.5, 0.6) is 5.75 Å². The van der Waals surface area contributed by atoms with Crippen LogP contribution in [-0.2, 0) is 0 Å². The maximum atomic E-state index is 12.9. The molecule has 0 heterocycles. The Morgan fingerprint density at radius 3 is 2.88 bits per heavy atom. The van der Waals surface area contributed by atoms with Crippen LogP contribution in [0.1, 0.15) is 13.8 Å². The van der Waals surface area contributed by atoms with Gasteiger partial charge in [-0.2, -0.15) is 0 Å². The van der Waals surface area contributed by atoms with Gasteiger partial charge in [0.15, 0.2) is 0 Å². The van der Waals surface area contributed by atoms with Gasteiger partial charge < -0.3 is 15.4 Å². The first-order valence-electron chi connectivity index (χ1n) is 5.55. The van der Waals surface area contributed by atoms with Crippen LogP contribution < -0.4 is 15.4 Å². The molecule has 0 aliphatic carbocycles. The van der Waals surface area contributed by atoms with E-state index in [1.807, 2.05) is 6.92 Å². The third-order valence-electron chi connectivity index (χ3n) is 2.02. The average molecular weight is 240 g/mol. The first-order valence-corrected chi connectivity index (χ1v) is 5.55. The molecule has 0 fully saturated rings. The lowest BCUT2D eigenvalue weighted by atomic mass is 10.3. The van der Waals surface area contributed by atoms with Crippen LogP contribution in [0.25, 0.3) is 0 Å². The van der Waals surface area contributed by atoms with Crippen molar-refractivity contribution in [1.29, 1.82) is 0 Å². The van der Waals surface area contributed by atoms with Gasteiger partial charge in [0.1, 0.15) is 17.7 Å². The number of urea groups is 1. The molecular weight excluding hydrogens is 223 g/mol. The fourth-order valence-corrected chi connectivity index (χ4v) is 1.27. The van der Waals surface area contributed by atoms with Crippen LogP contribution in [0, 0.1) is 5.82 Å². The summed E-state index contributed by atoms with van der Waals surface area (Å²) in [5, 5.41) is 5.26. The normalized spacial score (nSPS) is 11.7. The molecule has 1 aromatic carbocycles. The van der Waals surface area contributed by atoms with Gasteiger partial charge in [-0.1, -0.05) is 6.07 Å². The zero-order chi connectivity index (χ0) is 12.7. The third-order valence-corrected chi connectivity index (χ3v) is 2.02. The van der Waals surface area contributed by atoms with Crippen LogP contribution in [0.2, 0.25) is 0 Å². The fourth-order valence-electron chi connectivity index (χ4n) is 1.27. The van der Waals surface area contributed by atoms with Crippen molar-refractivity contribution >= 4 is 6.03 Å². The van der Waals surface area contributed by atoms with Gasteiger partial charge in [0.05, 0.1) is 6.54 Å². The van der Waals surface area contributed by atoms with Gasteiger partial charge in [-0.15, -0.1) is 0 Å². The molecule has 17 heavy (non-hydrogen) atoms. The third kappa shape index (κ3) is 5.19. The van der Waals surface area contributed by atoms with Crippen molar-refractivity contribution in [2.45, 2.75) is 20.0 Å². The maximum Gasteiger partial charge on any atom is 0.314 e. The second kappa shape index (κ2) is 6.73. The molecule has 0 saturated heterocycles. The molecule has 0 saturated carbocycles. The second-order valence-electron chi connectivity index (χ2n) is 3.63. The lowest BCUT2D eigenvalue weighted by Crippen LogP contribution is -2.40. The summed E-state index contributed by atoms with van der Waals surface area (Å²) >= 11 is 0. The van der Waals surface area contributed by atoms with Crippen molar-refractivity contribution in [1.82, 2.24) is 10.6 Å². The lowest BCUT2D eigenvalue weighted by Gasteiger charge is -2.15.